The molecule has 0 bridgehead atoms. The molecule has 0 atom stereocenters. The largest absolute Gasteiger partial charge is 0.294 e. The molecule has 0 aliphatic carbocycles. The summed E-state index contributed by atoms with van der Waals surface area (Å²) in [5.74, 6) is 0.136. The van der Waals surface area contributed by atoms with Gasteiger partial charge in [-0.3, -0.25) is 4.79 Å². The minimum atomic E-state index is 0.136. The second kappa shape index (κ2) is 4.77. The standard InChI is InChI=1S/C10H10BrClO/c1-2-4-9(13)7-5-3-6-8(12)10(7)11/h3,5-6H,2,4H2,1H3. The molecular formula is C10H10BrClO. The van der Waals surface area contributed by atoms with E-state index in [-0.39, 0.29) is 5.78 Å². The predicted octanol–water partition coefficient (Wildman–Crippen LogP) is 4.09. The molecule has 0 aromatic heterocycles. The molecule has 0 radical (unpaired) electrons. The Morgan fingerprint density at radius 2 is 2.23 bits per heavy atom. The number of hydrogen-bond donors (Lipinski definition) is 0. The molecule has 0 heterocycles. The lowest BCUT2D eigenvalue weighted by Gasteiger charge is -2.03. The van der Waals surface area contributed by atoms with Gasteiger partial charge in [-0.1, -0.05) is 30.7 Å². The van der Waals surface area contributed by atoms with Gasteiger partial charge in [0.05, 0.1) is 5.02 Å². The second-order valence-corrected chi connectivity index (χ2v) is 3.97. The fraction of sp³-hybridized carbons (Fsp3) is 0.300. The van der Waals surface area contributed by atoms with Crippen molar-refractivity contribution in [2.45, 2.75) is 19.8 Å². The van der Waals surface area contributed by atoms with Crippen LogP contribution in [0.4, 0.5) is 0 Å². The molecule has 0 unspecified atom stereocenters. The second-order valence-electron chi connectivity index (χ2n) is 2.77. The number of halogens is 2. The lowest BCUT2D eigenvalue weighted by atomic mass is 10.1. The fourth-order valence-corrected chi connectivity index (χ4v) is 1.74. The van der Waals surface area contributed by atoms with E-state index in [2.05, 4.69) is 15.9 Å². The molecule has 0 aliphatic rings. The number of carbonyl (C=O) groups excluding carboxylic acids is 1. The lowest BCUT2D eigenvalue weighted by molar-refractivity contribution is 0.0981. The van der Waals surface area contributed by atoms with Crippen molar-refractivity contribution in [1.29, 1.82) is 0 Å². The zero-order chi connectivity index (χ0) is 9.84. The molecule has 1 aromatic rings. The minimum absolute atomic E-state index is 0.136. The number of rotatable bonds is 3. The molecular weight excluding hydrogens is 251 g/mol. The maximum absolute atomic E-state index is 11.5. The van der Waals surface area contributed by atoms with Crippen LogP contribution >= 0.6 is 27.5 Å². The first kappa shape index (κ1) is 10.7. The molecule has 1 aromatic carbocycles. The number of benzene rings is 1. The molecule has 0 N–H and O–H groups in total. The molecule has 3 heteroatoms. The Bertz CT molecular complexity index is 323. The SMILES string of the molecule is CCCC(=O)c1cccc(Cl)c1Br. The van der Waals surface area contributed by atoms with E-state index in [9.17, 15) is 4.79 Å². The summed E-state index contributed by atoms with van der Waals surface area (Å²) in [6.45, 7) is 1.98. The van der Waals surface area contributed by atoms with Gasteiger partial charge in [0, 0.05) is 16.5 Å². The summed E-state index contributed by atoms with van der Waals surface area (Å²) in [6, 6.07) is 5.33. The van der Waals surface area contributed by atoms with E-state index in [1.807, 2.05) is 6.92 Å². The molecule has 0 saturated heterocycles. The molecule has 13 heavy (non-hydrogen) atoms. The van der Waals surface area contributed by atoms with Gasteiger partial charge in [0.25, 0.3) is 0 Å². The third kappa shape index (κ3) is 2.55. The van der Waals surface area contributed by atoms with Crippen molar-refractivity contribution in [2.75, 3.05) is 0 Å². The van der Waals surface area contributed by atoms with E-state index in [4.69, 9.17) is 11.6 Å². The van der Waals surface area contributed by atoms with E-state index in [0.717, 1.165) is 6.42 Å². The minimum Gasteiger partial charge on any atom is -0.294 e. The monoisotopic (exact) mass is 260 g/mol. The van der Waals surface area contributed by atoms with Crippen LogP contribution in [0.5, 0.6) is 0 Å². The van der Waals surface area contributed by atoms with Gasteiger partial charge in [-0.15, -0.1) is 0 Å². The Morgan fingerprint density at radius 3 is 2.85 bits per heavy atom. The molecule has 0 amide bonds. The first-order valence-corrected chi connectivity index (χ1v) is 5.31. The zero-order valence-electron chi connectivity index (χ0n) is 7.31. The van der Waals surface area contributed by atoms with Crippen LogP contribution < -0.4 is 0 Å². The van der Waals surface area contributed by atoms with E-state index in [1.165, 1.54) is 0 Å². The third-order valence-corrected chi connectivity index (χ3v) is 3.13. The summed E-state index contributed by atoms with van der Waals surface area (Å²) in [6.07, 6.45) is 1.43. The van der Waals surface area contributed by atoms with Crippen molar-refractivity contribution in [3.63, 3.8) is 0 Å². The van der Waals surface area contributed by atoms with Crippen LogP contribution in [0, 0.1) is 0 Å². The summed E-state index contributed by atoms with van der Waals surface area (Å²) in [4.78, 5) is 11.5. The normalized spacial score (nSPS) is 10.1. The highest BCUT2D eigenvalue weighted by Crippen LogP contribution is 2.27. The van der Waals surface area contributed by atoms with E-state index in [1.54, 1.807) is 18.2 Å². The van der Waals surface area contributed by atoms with Crippen LogP contribution in [0.2, 0.25) is 5.02 Å². The number of Topliss-reactive ketones (excluding diaryl/α,β-unsaturated/α-hetero) is 1. The zero-order valence-corrected chi connectivity index (χ0v) is 9.65. The van der Waals surface area contributed by atoms with Gasteiger partial charge >= 0.3 is 0 Å². The molecule has 0 saturated carbocycles. The quantitative estimate of drug-likeness (QED) is 0.749. The number of ketones is 1. The highest BCUT2D eigenvalue weighted by Gasteiger charge is 2.10. The van der Waals surface area contributed by atoms with Crippen molar-refractivity contribution in [3.05, 3.63) is 33.3 Å². The average molecular weight is 262 g/mol. The number of hydrogen-bond acceptors (Lipinski definition) is 1. The van der Waals surface area contributed by atoms with Gasteiger partial charge in [0.1, 0.15) is 0 Å². The lowest BCUT2D eigenvalue weighted by Crippen LogP contribution is -1.99. The van der Waals surface area contributed by atoms with Crippen molar-refractivity contribution >= 4 is 33.3 Å². The van der Waals surface area contributed by atoms with Crippen LogP contribution in [0.15, 0.2) is 22.7 Å². The molecule has 1 rings (SSSR count). The van der Waals surface area contributed by atoms with Gasteiger partial charge in [-0.25, -0.2) is 0 Å². The Hall–Kier alpha value is -0.340. The van der Waals surface area contributed by atoms with Gasteiger partial charge in [-0.2, -0.15) is 0 Å². The molecule has 70 valence electrons. The first-order valence-electron chi connectivity index (χ1n) is 4.14. The summed E-state index contributed by atoms with van der Waals surface area (Å²) in [7, 11) is 0. The average Bonchev–Trinajstić information content (AvgIpc) is 2.10. The smallest absolute Gasteiger partial charge is 0.164 e. The molecule has 0 fully saturated rings. The van der Waals surface area contributed by atoms with Gasteiger partial charge in [0.15, 0.2) is 5.78 Å². The molecule has 0 spiro atoms. The van der Waals surface area contributed by atoms with Crippen molar-refractivity contribution in [1.82, 2.24) is 0 Å². The Morgan fingerprint density at radius 1 is 1.54 bits per heavy atom. The predicted molar refractivity (Wildman–Crippen MR) is 58.4 cm³/mol. The summed E-state index contributed by atoms with van der Waals surface area (Å²) in [5.41, 5.74) is 0.675. The van der Waals surface area contributed by atoms with Gasteiger partial charge < -0.3 is 0 Å². The Kier molecular flexibility index (Phi) is 3.94. The summed E-state index contributed by atoms with van der Waals surface area (Å²) >= 11 is 9.16. The van der Waals surface area contributed by atoms with Crippen molar-refractivity contribution in [2.24, 2.45) is 0 Å². The van der Waals surface area contributed by atoms with E-state index in [0.29, 0.717) is 21.5 Å². The third-order valence-electron chi connectivity index (χ3n) is 1.73. The van der Waals surface area contributed by atoms with Crippen LogP contribution in [0.3, 0.4) is 0 Å². The van der Waals surface area contributed by atoms with Gasteiger partial charge in [0.2, 0.25) is 0 Å². The van der Waals surface area contributed by atoms with Crippen LogP contribution in [0.25, 0.3) is 0 Å². The fourth-order valence-electron chi connectivity index (χ4n) is 1.08. The highest BCUT2D eigenvalue weighted by molar-refractivity contribution is 9.10. The van der Waals surface area contributed by atoms with Crippen LogP contribution in [-0.2, 0) is 0 Å². The maximum Gasteiger partial charge on any atom is 0.164 e. The molecule has 0 aliphatic heterocycles. The van der Waals surface area contributed by atoms with Crippen LogP contribution in [0.1, 0.15) is 30.1 Å². The topological polar surface area (TPSA) is 17.1 Å². The Balaban J connectivity index is 3.01. The summed E-state index contributed by atoms with van der Waals surface area (Å²) < 4.78 is 0.704. The first-order chi connectivity index (χ1) is 6.16. The van der Waals surface area contributed by atoms with Gasteiger partial charge in [-0.05, 0) is 28.4 Å². The Labute approximate surface area is 91.2 Å². The number of carbonyl (C=O) groups is 1. The summed E-state index contributed by atoms with van der Waals surface area (Å²) in [5, 5.41) is 0.585. The highest BCUT2D eigenvalue weighted by atomic mass is 79.9. The van der Waals surface area contributed by atoms with Crippen molar-refractivity contribution in [3.8, 4) is 0 Å². The maximum atomic E-state index is 11.5. The van der Waals surface area contributed by atoms with Crippen LogP contribution in [-0.4, -0.2) is 5.78 Å². The van der Waals surface area contributed by atoms with E-state index >= 15 is 0 Å². The van der Waals surface area contributed by atoms with Crippen molar-refractivity contribution < 1.29 is 4.79 Å². The van der Waals surface area contributed by atoms with E-state index < -0.39 is 0 Å². The molecule has 1 nitrogen and oxygen atoms in total.